The molecule has 1 aromatic carbocycles. The Hall–Kier alpha value is -1.71. The van der Waals surface area contributed by atoms with Crippen LogP contribution in [-0.2, 0) is 9.53 Å². The highest BCUT2D eigenvalue weighted by Gasteiger charge is 2.12. The number of hydrogen-bond donors (Lipinski definition) is 1. The number of esters is 1. The minimum atomic E-state index is -0.549. The first-order valence-electron chi connectivity index (χ1n) is 6.21. The van der Waals surface area contributed by atoms with Gasteiger partial charge in [0.05, 0.1) is 25.3 Å². The van der Waals surface area contributed by atoms with Crippen molar-refractivity contribution in [3.8, 4) is 11.8 Å². The summed E-state index contributed by atoms with van der Waals surface area (Å²) in [6, 6.07) is 8.49. The van der Waals surface area contributed by atoms with Crippen LogP contribution in [0.15, 0.2) is 24.3 Å². The zero-order valence-corrected chi connectivity index (χ0v) is 12.2. The summed E-state index contributed by atoms with van der Waals surface area (Å²) in [5.74, 6) is 1.97. The molecule has 0 aliphatic heterocycles. The van der Waals surface area contributed by atoms with Gasteiger partial charge in [0.15, 0.2) is 0 Å². The normalized spacial score (nSPS) is 11.4. The Morgan fingerprint density at radius 3 is 2.70 bits per heavy atom. The van der Waals surface area contributed by atoms with Gasteiger partial charge in [-0.15, -0.1) is 0 Å². The van der Waals surface area contributed by atoms with Gasteiger partial charge in [-0.1, -0.05) is 0 Å². The van der Waals surface area contributed by atoms with Crippen molar-refractivity contribution >= 4 is 17.7 Å². The Balaban J connectivity index is 2.10. The van der Waals surface area contributed by atoms with Gasteiger partial charge < -0.3 is 15.2 Å². The van der Waals surface area contributed by atoms with E-state index in [1.165, 1.54) is 7.11 Å². The maximum atomic E-state index is 11.1. The van der Waals surface area contributed by atoms with Gasteiger partial charge in [0, 0.05) is 5.75 Å². The van der Waals surface area contributed by atoms with Crippen LogP contribution in [0.5, 0.6) is 5.75 Å². The van der Waals surface area contributed by atoms with E-state index in [-0.39, 0.29) is 5.97 Å². The van der Waals surface area contributed by atoms with Crippen molar-refractivity contribution in [3.63, 3.8) is 0 Å². The van der Waals surface area contributed by atoms with Crippen molar-refractivity contribution < 1.29 is 14.3 Å². The largest absolute Gasteiger partial charge is 0.493 e. The lowest BCUT2D eigenvalue weighted by Crippen LogP contribution is -2.32. The molecular formula is C14H18N2O3S. The maximum absolute atomic E-state index is 11.1. The minimum absolute atomic E-state index is 0.376. The number of ether oxygens (including phenoxy) is 2. The van der Waals surface area contributed by atoms with Crippen LogP contribution >= 0.6 is 11.8 Å². The van der Waals surface area contributed by atoms with Crippen molar-refractivity contribution in [3.05, 3.63) is 29.8 Å². The molecule has 0 saturated carbocycles. The molecule has 5 nitrogen and oxygen atoms in total. The van der Waals surface area contributed by atoms with E-state index in [4.69, 9.17) is 15.7 Å². The summed E-state index contributed by atoms with van der Waals surface area (Å²) in [4.78, 5) is 11.1. The van der Waals surface area contributed by atoms with Gasteiger partial charge >= 0.3 is 5.97 Å². The predicted octanol–water partition coefficient (Wildman–Crippen LogP) is 1.56. The molecule has 1 aromatic rings. The molecule has 0 saturated heterocycles. The number of methoxy groups -OCH3 is 1. The van der Waals surface area contributed by atoms with E-state index in [9.17, 15) is 4.79 Å². The number of carbonyl (C=O) groups excluding carboxylic acids is 1. The van der Waals surface area contributed by atoms with Gasteiger partial charge in [-0.3, -0.25) is 4.79 Å². The van der Waals surface area contributed by atoms with Crippen molar-refractivity contribution in [2.24, 2.45) is 5.73 Å². The molecule has 20 heavy (non-hydrogen) atoms. The van der Waals surface area contributed by atoms with Crippen LogP contribution in [0.25, 0.3) is 0 Å². The van der Waals surface area contributed by atoms with E-state index >= 15 is 0 Å². The molecule has 0 spiro atoms. The second-order valence-corrected chi connectivity index (χ2v) is 5.24. The van der Waals surface area contributed by atoms with Crippen LogP contribution in [-0.4, -0.2) is 37.2 Å². The van der Waals surface area contributed by atoms with Crippen LogP contribution in [0.3, 0.4) is 0 Å². The van der Waals surface area contributed by atoms with Crippen molar-refractivity contribution in [2.45, 2.75) is 12.5 Å². The predicted molar refractivity (Wildman–Crippen MR) is 78.6 cm³/mol. The Labute approximate surface area is 123 Å². The summed E-state index contributed by atoms with van der Waals surface area (Å²) in [6.45, 7) is 0.573. The number of hydrogen-bond acceptors (Lipinski definition) is 6. The number of nitrogens with zero attached hydrogens (tertiary/aromatic N) is 1. The first-order valence-corrected chi connectivity index (χ1v) is 7.37. The van der Waals surface area contributed by atoms with Gasteiger partial charge in [-0.2, -0.15) is 17.0 Å². The highest BCUT2D eigenvalue weighted by Crippen LogP contribution is 2.12. The molecule has 0 amide bonds. The number of carbonyl (C=O) groups is 1. The SMILES string of the molecule is COC(=O)C(N)CCSCCOc1ccc(C#N)cc1. The molecular weight excluding hydrogens is 276 g/mol. The third kappa shape index (κ3) is 5.95. The Morgan fingerprint density at radius 1 is 1.40 bits per heavy atom. The Bertz CT molecular complexity index is 456. The number of nitrogens with two attached hydrogens (primary N) is 1. The second kappa shape index (κ2) is 9.23. The molecule has 108 valence electrons. The third-order valence-corrected chi connectivity index (χ3v) is 3.54. The highest BCUT2D eigenvalue weighted by molar-refractivity contribution is 7.99. The number of rotatable bonds is 8. The summed E-state index contributed by atoms with van der Waals surface area (Å²) >= 11 is 1.67. The minimum Gasteiger partial charge on any atom is -0.493 e. The van der Waals surface area contributed by atoms with E-state index in [0.29, 0.717) is 18.6 Å². The molecule has 2 N–H and O–H groups in total. The quantitative estimate of drug-likeness (QED) is 0.578. The van der Waals surface area contributed by atoms with Crippen LogP contribution < -0.4 is 10.5 Å². The van der Waals surface area contributed by atoms with Gasteiger partial charge in [0.2, 0.25) is 0 Å². The molecule has 0 aliphatic rings. The second-order valence-electron chi connectivity index (χ2n) is 4.02. The van der Waals surface area contributed by atoms with E-state index in [1.54, 1.807) is 36.0 Å². The monoisotopic (exact) mass is 294 g/mol. The lowest BCUT2D eigenvalue weighted by molar-refractivity contribution is -0.142. The smallest absolute Gasteiger partial charge is 0.322 e. The fourth-order valence-electron chi connectivity index (χ4n) is 1.43. The van der Waals surface area contributed by atoms with Crippen molar-refractivity contribution in [2.75, 3.05) is 25.2 Å². The maximum Gasteiger partial charge on any atom is 0.322 e. The summed E-state index contributed by atoms with van der Waals surface area (Å²) in [6.07, 6.45) is 0.591. The molecule has 1 unspecified atom stereocenters. The summed E-state index contributed by atoms with van der Waals surface area (Å²) in [7, 11) is 1.33. The lowest BCUT2D eigenvalue weighted by atomic mass is 10.2. The molecule has 6 heteroatoms. The summed E-state index contributed by atoms with van der Waals surface area (Å²) in [5.41, 5.74) is 6.23. The van der Waals surface area contributed by atoms with Crippen LogP contribution in [0.1, 0.15) is 12.0 Å². The fourth-order valence-corrected chi connectivity index (χ4v) is 2.25. The van der Waals surface area contributed by atoms with Crippen LogP contribution in [0, 0.1) is 11.3 Å². The van der Waals surface area contributed by atoms with Gasteiger partial charge in [0.25, 0.3) is 0 Å². The lowest BCUT2D eigenvalue weighted by Gasteiger charge is -2.09. The van der Waals surface area contributed by atoms with E-state index in [2.05, 4.69) is 10.8 Å². The van der Waals surface area contributed by atoms with Gasteiger partial charge in [-0.25, -0.2) is 0 Å². The fraction of sp³-hybridized carbons (Fsp3) is 0.429. The van der Waals surface area contributed by atoms with Crippen LogP contribution in [0.2, 0.25) is 0 Å². The molecule has 0 radical (unpaired) electrons. The molecule has 0 aromatic heterocycles. The summed E-state index contributed by atoms with van der Waals surface area (Å²) < 4.78 is 10.1. The Morgan fingerprint density at radius 2 is 2.10 bits per heavy atom. The third-order valence-electron chi connectivity index (χ3n) is 2.56. The summed E-state index contributed by atoms with van der Waals surface area (Å²) in [5, 5.41) is 8.67. The number of thioether (sulfide) groups is 1. The first kappa shape index (κ1) is 16.3. The first-order chi connectivity index (χ1) is 9.67. The molecule has 0 aliphatic carbocycles. The average molecular weight is 294 g/mol. The van der Waals surface area contributed by atoms with Gasteiger partial charge in [-0.05, 0) is 36.4 Å². The van der Waals surface area contributed by atoms with Gasteiger partial charge in [0.1, 0.15) is 11.8 Å². The number of nitriles is 1. The van der Waals surface area contributed by atoms with E-state index < -0.39 is 6.04 Å². The topological polar surface area (TPSA) is 85.3 Å². The molecule has 1 atom stereocenters. The number of benzene rings is 1. The molecule has 0 heterocycles. The zero-order chi connectivity index (χ0) is 14.8. The van der Waals surface area contributed by atoms with Crippen molar-refractivity contribution in [1.82, 2.24) is 0 Å². The molecule has 1 rings (SSSR count). The molecule has 0 bridgehead atoms. The average Bonchev–Trinajstić information content (AvgIpc) is 2.50. The zero-order valence-electron chi connectivity index (χ0n) is 11.4. The van der Waals surface area contributed by atoms with Crippen molar-refractivity contribution in [1.29, 1.82) is 5.26 Å². The van der Waals surface area contributed by atoms with Crippen LogP contribution in [0.4, 0.5) is 0 Å². The Kier molecular flexibility index (Phi) is 7.55. The van der Waals surface area contributed by atoms with E-state index in [1.807, 2.05) is 0 Å². The standard InChI is InChI=1S/C14H18N2O3S/c1-18-14(17)13(16)6-8-20-9-7-19-12-4-2-11(10-15)3-5-12/h2-5,13H,6-9,16H2,1H3. The highest BCUT2D eigenvalue weighted by atomic mass is 32.2. The van der Waals surface area contributed by atoms with E-state index in [0.717, 1.165) is 17.3 Å². The molecule has 0 fully saturated rings.